The summed E-state index contributed by atoms with van der Waals surface area (Å²) in [7, 11) is 0. The van der Waals surface area contributed by atoms with Crippen LogP contribution in [-0.2, 0) is 11.2 Å². The number of ketones is 1. The van der Waals surface area contributed by atoms with Crippen molar-refractivity contribution in [3.8, 4) is 0 Å². The summed E-state index contributed by atoms with van der Waals surface area (Å²) >= 11 is 1.61. The molecule has 0 atom stereocenters. The Hall–Kier alpha value is -2.07. The van der Waals surface area contributed by atoms with E-state index in [0.29, 0.717) is 17.2 Å². The third-order valence-corrected chi connectivity index (χ3v) is 4.32. The van der Waals surface area contributed by atoms with E-state index in [4.69, 9.17) is 0 Å². The third kappa shape index (κ3) is 5.53. The molecule has 2 aromatic rings. The molecule has 0 heterocycles. The Bertz CT molecular complexity index is 708. The lowest BCUT2D eigenvalue weighted by Gasteiger charge is -2.07. The smallest absolute Gasteiger partial charge is 0.232 e. The van der Waals surface area contributed by atoms with Crippen molar-refractivity contribution in [1.82, 2.24) is 0 Å². The summed E-state index contributed by atoms with van der Waals surface area (Å²) in [5.41, 5.74) is 2.50. The molecule has 1 amide bonds. The van der Waals surface area contributed by atoms with Gasteiger partial charge in [-0.2, -0.15) is 0 Å². The van der Waals surface area contributed by atoms with Crippen LogP contribution in [-0.4, -0.2) is 17.9 Å². The maximum Gasteiger partial charge on any atom is 0.232 e. The first-order valence-electron chi connectivity index (χ1n) is 8.04. The first kappa shape index (κ1) is 18.3. The first-order valence-corrected chi connectivity index (χ1v) is 9.26. The van der Waals surface area contributed by atoms with Gasteiger partial charge in [-0.25, -0.2) is 0 Å². The second kappa shape index (κ2) is 8.69. The molecule has 126 valence electrons. The molecule has 0 saturated heterocycles. The average molecular weight is 341 g/mol. The van der Waals surface area contributed by atoms with E-state index < -0.39 is 0 Å². The normalized spacial score (nSPS) is 10.7. The van der Waals surface area contributed by atoms with Crippen molar-refractivity contribution >= 4 is 29.1 Å². The zero-order valence-electron chi connectivity index (χ0n) is 14.3. The van der Waals surface area contributed by atoms with Gasteiger partial charge in [-0.3, -0.25) is 9.59 Å². The van der Waals surface area contributed by atoms with E-state index in [9.17, 15) is 9.59 Å². The minimum absolute atomic E-state index is 0.146. The van der Waals surface area contributed by atoms with Gasteiger partial charge in [0.2, 0.25) is 5.91 Å². The van der Waals surface area contributed by atoms with Gasteiger partial charge in [-0.15, -0.1) is 11.8 Å². The minimum Gasteiger partial charge on any atom is -0.326 e. The molecule has 0 aliphatic rings. The fourth-order valence-corrected chi connectivity index (χ4v) is 2.91. The summed E-state index contributed by atoms with van der Waals surface area (Å²) in [6, 6.07) is 15.1. The van der Waals surface area contributed by atoms with Crippen molar-refractivity contribution in [1.29, 1.82) is 0 Å². The van der Waals surface area contributed by atoms with Crippen LogP contribution in [0.15, 0.2) is 53.4 Å². The number of nitrogens with one attached hydrogen (secondary N) is 1. The number of rotatable bonds is 7. The van der Waals surface area contributed by atoms with Crippen LogP contribution in [0.2, 0.25) is 0 Å². The van der Waals surface area contributed by atoms with Crippen molar-refractivity contribution < 1.29 is 9.59 Å². The number of Topliss-reactive ketones (excluding diaryl/α,β-unsaturated/α-hetero) is 1. The Labute approximate surface area is 147 Å². The lowest BCUT2D eigenvalue weighted by atomic mass is 10.00. The van der Waals surface area contributed by atoms with E-state index in [0.717, 1.165) is 11.3 Å². The quantitative estimate of drug-likeness (QED) is 0.446. The molecule has 0 aliphatic carbocycles. The number of carbonyl (C=O) groups is 2. The van der Waals surface area contributed by atoms with E-state index in [-0.39, 0.29) is 18.1 Å². The van der Waals surface area contributed by atoms with Gasteiger partial charge < -0.3 is 5.32 Å². The molecule has 3 nitrogen and oxygen atoms in total. The van der Waals surface area contributed by atoms with Crippen molar-refractivity contribution in [3.05, 3.63) is 59.7 Å². The lowest BCUT2D eigenvalue weighted by Crippen LogP contribution is -2.16. The number of thioether (sulfide) groups is 1. The van der Waals surface area contributed by atoms with Gasteiger partial charge in [-0.05, 0) is 42.4 Å². The molecular weight excluding hydrogens is 318 g/mol. The highest BCUT2D eigenvalue weighted by Gasteiger charge is 2.12. The number of anilines is 1. The summed E-state index contributed by atoms with van der Waals surface area (Å²) in [6.07, 6.45) is 2.82. The predicted octanol–water partition coefficient (Wildman–Crippen LogP) is 4.82. The third-order valence-electron chi connectivity index (χ3n) is 3.59. The van der Waals surface area contributed by atoms with Gasteiger partial charge in [-0.1, -0.05) is 44.2 Å². The van der Waals surface area contributed by atoms with Crippen LogP contribution in [0.4, 0.5) is 5.69 Å². The van der Waals surface area contributed by atoms with Gasteiger partial charge in [0, 0.05) is 16.1 Å². The molecule has 0 radical (unpaired) electrons. The van der Waals surface area contributed by atoms with Crippen LogP contribution in [0.5, 0.6) is 0 Å². The Morgan fingerprint density at radius 1 is 1.08 bits per heavy atom. The maximum absolute atomic E-state index is 12.2. The number of benzene rings is 2. The van der Waals surface area contributed by atoms with E-state index in [1.807, 2.05) is 54.8 Å². The molecule has 0 spiro atoms. The molecule has 24 heavy (non-hydrogen) atoms. The van der Waals surface area contributed by atoms with Gasteiger partial charge in [0.05, 0.1) is 6.42 Å². The Balaban J connectivity index is 1.94. The highest BCUT2D eigenvalue weighted by Crippen LogP contribution is 2.19. The van der Waals surface area contributed by atoms with Crippen molar-refractivity contribution in [2.24, 2.45) is 5.92 Å². The van der Waals surface area contributed by atoms with Crippen LogP contribution in [0.1, 0.15) is 36.2 Å². The molecule has 0 aromatic heterocycles. The van der Waals surface area contributed by atoms with Crippen molar-refractivity contribution in [2.75, 3.05) is 11.6 Å². The second-order valence-corrected chi connectivity index (χ2v) is 7.05. The van der Waals surface area contributed by atoms with Crippen LogP contribution in [0.25, 0.3) is 0 Å². The van der Waals surface area contributed by atoms with E-state index in [2.05, 4.69) is 19.2 Å². The molecule has 1 N–H and O–H groups in total. The molecule has 0 unspecified atom stereocenters. The van der Waals surface area contributed by atoms with Crippen molar-refractivity contribution in [2.45, 2.75) is 31.6 Å². The van der Waals surface area contributed by atoms with Crippen LogP contribution < -0.4 is 5.32 Å². The number of carbonyl (C=O) groups excluding carboxylic acids is 2. The van der Waals surface area contributed by atoms with Crippen LogP contribution >= 0.6 is 11.8 Å². The highest BCUT2D eigenvalue weighted by molar-refractivity contribution is 7.98. The fourth-order valence-electron chi connectivity index (χ4n) is 2.45. The minimum atomic E-state index is -0.287. The molecule has 4 heteroatoms. The SMILES string of the molecule is CSc1cccc(NC(=O)CC(=O)c2ccc(CC(C)C)cc2)c1. The summed E-state index contributed by atoms with van der Waals surface area (Å²) in [5, 5.41) is 2.78. The standard InChI is InChI=1S/C20H23NO2S/c1-14(2)11-15-7-9-16(10-8-15)19(22)13-20(23)21-17-5-4-6-18(12-17)24-3/h4-10,12,14H,11,13H2,1-3H3,(H,21,23). The average Bonchev–Trinajstić information content (AvgIpc) is 2.55. The molecule has 2 aromatic carbocycles. The number of amides is 1. The fraction of sp³-hybridized carbons (Fsp3) is 0.300. The van der Waals surface area contributed by atoms with E-state index in [1.54, 1.807) is 11.8 Å². The van der Waals surface area contributed by atoms with Gasteiger partial charge in [0.25, 0.3) is 0 Å². The summed E-state index contributed by atoms with van der Waals surface area (Å²) in [6.45, 7) is 4.32. The predicted molar refractivity (Wildman–Crippen MR) is 101 cm³/mol. The van der Waals surface area contributed by atoms with Crippen LogP contribution in [0.3, 0.4) is 0 Å². The molecule has 0 bridgehead atoms. The molecule has 0 saturated carbocycles. The Kier molecular flexibility index (Phi) is 6.62. The van der Waals surface area contributed by atoms with Gasteiger partial charge in [0.15, 0.2) is 5.78 Å². The highest BCUT2D eigenvalue weighted by atomic mass is 32.2. The summed E-state index contributed by atoms with van der Waals surface area (Å²) < 4.78 is 0. The Morgan fingerprint density at radius 2 is 1.79 bits per heavy atom. The first-order chi connectivity index (χ1) is 11.5. The second-order valence-electron chi connectivity index (χ2n) is 6.17. The van der Waals surface area contributed by atoms with Gasteiger partial charge in [0.1, 0.15) is 0 Å². The topological polar surface area (TPSA) is 46.2 Å². The van der Waals surface area contributed by atoms with E-state index in [1.165, 1.54) is 5.56 Å². The monoisotopic (exact) mass is 341 g/mol. The number of hydrogen-bond acceptors (Lipinski definition) is 3. The molecular formula is C20H23NO2S. The largest absolute Gasteiger partial charge is 0.326 e. The Morgan fingerprint density at radius 3 is 2.42 bits per heavy atom. The molecule has 0 aliphatic heterocycles. The maximum atomic E-state index is 12.2. The molecule has 0 fully saturated rings. The zero-order valence-corrected chi connectivity index (χ0v) is 15.2. The number of hydrogen-bond donors (Lipinski definition) is 1. The summed E-state index contributed by atoms with van der Waals surface area (Å²) in [4.78, 5) is 25.4. The van der Waals surface area contributed by atoms with Gasteiger partial charge >= 0.3 is 0 Å². The molecule has 2 rings (SSSR count). The lowest BCUT2D eigenvalue weighted by molar-refractivity contribution is -0.115. The zero-order chi connectivity index (χ0) is 17.5. The van der Waals surface area contributed by atoms with Crippen molar-refractivity contribution in [3.63, 3.8) is 0 Å². The summed E-state index contributed by atoms with van der Waals surface area (Å²) in [5.74, 6) is 0.128. The van der Waals surface area contributed by atoms with Crippen LogP contribution in [0, 0.1) is 5.92 Å². The van der Waals surface area contributed by atoms with E-state index >= 15 is 0 Å².